The average molecular weight is 2540 g/mol. The monoisotopic (exact) mass is 2540 g/mol. The van der Waals surface area contributed by atoms with Gasteiger partial charge in [-0.2, -0.15) is 20.6 Å². The maximum Gasteiger partial charge on any atom is 1.00 e. The van der Waals surface area contributed by atoms with Gasteiger partial charge in [-0.1, -0.05) is 56.2 Å². The molecule has 6 saturated heterocycles. The molecule has 12 aromatic heterocycles. The second kappa shape index (κ2) is 60.0. The third-order valence-corrected chi connectivity index (χ3v) is 30.3. The number of pyridine rings is 3. The fourth-order valence-corrected chi connectivity index (χ4v) is 22.3. The molecule has 18 heterocycles. The Morgan fingerprint density at radius 3 is 1.18 bits per heavy atom. The van der Waals surface area contributed by atoms with Crippen molar-refractivity contribution in [2.75, 3.05) is 134 Å². The van der Waals surface area contributed by atoms with Crippen LogP contribution in [0.3, 0.4) is 0 Å². The number of nitrogens with zero attached hydrogens (tertiary/aromatic N) is 23. The number of benzene rings is 2. The molecule has 0 saturated carbocycles. The number of hydrogen-bond acceptors (Lipinski definition) is 32. The van der Waals surface area contributed by atoms with Crippen LogP contribution in [0.2, 0.25) is 0 Å². The van der Waals surface area contributed by atoms with Gasteiger partial charge in [-0.3, -0.25) is 24.1 Å². The largest absolute Gasteiger partial charge is 1.00 e. The number of hydrogen-bond donors (Lipinski definition) is 2. The van der Waals surface area contributed by atoms with Crippen LogP contribution in [-0.2, 0) is 66.7 Å². The first-order chi connectivity index (χ1) is 68.9. The quantitative estimate of drug-likeness (QED) is 0.0619. The van der Waals surface area contributed by atoms with Gasteiger partial charge in [0.15, 0.2) is 28.8 Å². The van der Waals surface area contributed by atoms with Gasteiger partial charge in [0.25, 0.3) is 33.0 Å². The summed E-state index contributed by atoms with van der Waals surface area (Å²) in [6.45, 7) is 41.0. The van der Waals surface area contributed by atoms with Crippen molar-refractivity contribution in [1.82, 2.24) is 102 Å². The van der Waals surface area contributed by atoms with Gasteiger partial charge < -0.3 is 71.7 Å². The molecule has 6 fully saturated rings. The van der Waals surface area contributed by atoms with E-state index in [1.807, 2.05) is 77.3 Å². The number of nitrogens with one attached hydrogen (secondary N) is 2. The number of carbonyl (C=O) groups excluding carboxylic acids is 2. The fourth-order valence-electron chi connectivity index (χ4n) is 19.7. The molecule has 14 aromatic rings. The van der Waals surface area contributed by atoms with Crippen LogP contribution in [0.15, 0.2) is 150 Å². The molecule has 0 bridgehead atoms. The number of H-pyrrole nitrogens is 2. The number of anilines is 3. The van der Waals surface area contributed by atoms with E-state index in [4.69, 9.17) is 79.7 Å². The first kappa shape index (κ1) is 126. The molecule has 0 aliphatic carbocycles. The van der Waals surface area contributed by atoms with Gasteiger partial charge in [0.05, 0.1) is 108 Å². The molecule has 2 aromatic carbocycles. The number of ether oxygens (including phenoxy) is 3. The standard InChI is InChI=1S/C35H42N8O3S.C28H36N8O.C28H29N7O3S.C8H17N.C2H3N.2CH2O3.CH4.4Cs.2H/c1-23-8-10-28(11-9-23)47(44,45)43-16-13-30-29(12-14-36-35(30)43)34-37-31(19-32(38-34)41-17-18-46-22-24(41)2)33-25(3)39-42(26(33)4)21-27-7-6-15-40(5)20-27;1-18-17-37-13-12-35(18)25-14-24(31-28(32-25)23-8-10-30-27-22(23)7-9-29-27)26-19(2)33-36(20(26)3)16-21-6-5-11-34(4)15-21;1-17-5-7-21(8-6-17)39(36,37)35-12-10-23-22(9-11-29-28(23)35)27-30-24(26-19(3)32-33-20(26)4)15-25(31-27)34-13-14-38-16-18(34)2;1-3-8-5-4-6-9(2)7-8;1-2-3;2*2-1-4-3;;;;;;;/h8-14,16,19,24,27H,6-7,15,17-18,20-22H2,1-5H3;7-10,14,18,21H,5-6,11-13,15-17H2,1-4H3,(H,29,30);5-12,15,18H,13-14,16H2,1-4H3,(H,32,33);8H,3-7H2,1-2H3;1H3;2*1,3H;1H4;;;;;;/q;;;;;;;;4*+1;2*-1/p-2/t24-,27?;18-,21?;18-;;;;;;;;;;;/m111.........../s1. The molecular weight excluding hydrogens is 2400 g/mol. The topological polar surface area (TPSA) is 444 Å². The maximum atomic E-state index is 13.7. The number of aromatic amines is 2. The Labute approximate surface area is 1110 Å². The van der Waals surface area contributed by atoms with Crippen molar-refractivity contribution in [1.29, 1.82) is 5.26 Å². The number of piperidine rings is 3. The molecule has 2 N–H and O–H groups in total. The fraction of sp³-hybridized carbons (Fsp3) is 0.452. The summed E-state index contributed by atoms with van der Waals surface area (Å²) in [6.07, 6.45) is 19.2. The molecule has 770 valence electrons. The van der Waals surface area contributed by atoms with Crippen LogP contribution in [0.1, 0.15) is 135 Å². The minimum Gasteiger partial charge on any atom is -1.00 e. The van der Waals surface area contributed by atoms with Crippen molar-refractivity contribution >= 4 is 83.5 Å². The van der Waals surface area contributed by atoms with E-state index >= 15 is 0 Å². The zero-order chi connectivity index (χ0) is 102. The smallest absolute Gasteiger partial charge is 1.00 e. The van der Waals surface area contributed by atoms with E-state index in [1.165, 1.54) is 85.6 Å². The van der Waals surface area contributed by atoms with E-state index in [1.54, 1.807) is 85.3 Å². The van der Waals surface area contributed by atoms with Crippen LogP contribution in [0.4, 0.5) is 17.5 Å². The SMILES string of the molecule is C.CC#N.CCC1CCCN(C)C1.Cc1ccc(S(=O)(=O)n2ccc3c(-c4nc(-c5c(C)n[nH]c5C)cc(N5CCOC[C@H]5C)n4)ccnc32)cc1.Cc1ccc(S(=O)(=O)n2ccc3c(-c4nc(-c5c(C)nn(CC6CCCN(C)C6)c5C)cc(N5CCOC[C@H]5C)n4)ccnc32)cc1.Cc1nn(CC2CCCN(C)C2)c(C)c1-c1cc(N2CCOC[C@H]2C)nc(-c2ccnc3[nH]ccc23)n1.O=CO[O-].O=CO[O-].[Cs+].[Cs+].[Cs+].[Cs+].[H-].[H-]. The number of morpholine rings is 3. The third kappa shape index (κ3) is 31.3. The van der Waals surface area contributed by atoms with Crippen molar-refractivity contribution in [2.45, 2.75) is 183 Å². The van der Waals surface area contributed by atoms with Gasteiger partial charge in [-0.05, 0) is 234 Å². The summed E-state index contributed by atoms with van der Waals surface area (Å²) in [6, 6.07) is 33.3. The normalized spacial score (nSPS) is 17.9. The van der Waals surface area contributed by atoms with E-state index in [9.17, 15) is 16.8 Å². The second-order valence-electron chi connectivity index (χ2n) is 37.4. The van der Waals surface area contributed by atoms with E-state index < -0.39 is 20.0 Å². The number of aryl methyl sites for hydroxylation is 6. The van der Waals surface area contributed by atoms with Crippen LogP contribution in [0, 0.1) is 84.5 Å². The third-order valence-electron chi connectivity index (χ3n) is 26.9. The molecular formula is C104H135Cs4N25O13S2. The van der Waals surface area contributed by atoms with Gasteiger partial charge in [-0.25, -0.2) is 69.6 Å². The van der Waals surface area contributed by atoms with Crippen LogP contribution in [-0.4, -0.2) is 270 Å². The molecule has 6 aliphatic rings. The Morgan fingerprint density at radius 2 is 0.838 bits per heavy atom. The number of aromatic nitrogens is 18. The minimum atomic E-state index is -3.87. The Kier molecular flexibility index (Phi) is 51.2. The molecule has 44 heteroatoms. The van der Waals surface area contributed by atoms with Crippen molar-refractivity contribution < 1.29 is 339 Å². The summed E-state index contributed by atoms with van der Waals surface area (Å²) < 4.78 is 78.4. The van der Waals surface area contributed by atoms with Gasteiger partial charge in [0, 0.05) is 181 Å². The molecule has 6 atom stereocenters. The first-order valence-corrected chi connectivity index (χ1v) is 51.4. The summed E-state index contributed by atoms with van der Waals surface area (Å²) in [7, 11) is -1.08. The van der Waals surface area contributed by atoms with Crippen LogP contribution in [0.5, 0.6) is 0 Å². The van der Waals surface area contributed by atoms with E-state index in [2.05, 4.69) is 160 Å². The van der Waals surface area contributed by atoms with Crippen LogP contribution in [0.25, 0.3) is 101 Å². The van der Waals surface area contributed by atoms with Crippen molar-refractivity contribution in [3.05, 3.63) is 186 Å². The molecule has 6 aliphatic heterocycles. The molecule has 0 spiro atoms. The summed E-state index contributed by atoms with van der Waals surface area (Å²) in [5.74, 6) is 6.37. The second-order valence-corrected chi connectivity index (χ2v) is 41.0. The van der Waals surface area contributed by atoms with E-state index in [0.717, 1.165) is 158 Å². The predicted molar refractivity (Wildman–Crippen MR) is 553 cm³/mol. The summed E-state index contributed by atoms with van der Waals surface area (Å²) in [4.78, 5) is 84.1. The number of fused-ring (bicyclic) bond motifs is 3. The van der Waals surface area contributed by atoms with Gasteiger partial charge in [0.2, 0.25) is 0 Å². The first-order valence-electron chi connectivity index (χ1n) is 48.5. The Bertz CT molecular complexity index is 6990. The van der Waals surface area contributed by atoms with Crippen molar-refractivity contribution in [3.8, 4) is 74.0 Å². The predicted octanol–water partition coefficient (Wildman–Crippen LogP) is 1.44. The summed E-state index contributed by atoms with van der Waals surface area (Å²) >= 11 is 0. The van der Waals surface area contributed by atoms with Gasteiger partial charge >= 0.3 is 276 Å². The summed E-state index contributed by atoms with van der Waals surface area (Å²) in [5, 5.41) is 43.9. The molecule has 3 unspecified atom stereocenters. The maximum absolute atomic E-state index is 13.7. The van der Waals surface area contributed by atoms with Gasteiger partial charge in [-0.15, -0.1) is 0 Å². The van der Waals surface area contributed by atoms with E-state index in [-0.39, 0.29) is 327 Å². The molecule has 0 amide bonds. The Morgan fingerprint density at radius 1 is 0.486 bits per heavy atom. The number of nitriles is 1. The van der Waals surface area contributed by atoms with Gasteiger partial charge in [0.1, 0.15) is 23.1 Å². The van der Waals surface area contributed by atoms with E-state index in [0.29, 0.717) is 115 Å². The minimum absolute atomic E-state index is 0. The zero-order valence-corrected chi connectivity index (χ0v) is 115. The summed E-state index contributed by atoms with van der Waals surface area (Å²) in [5.41, 5.74) is 17.3. The van der Waals surface area contributed by atoms with Crippen LogP contribution >= 0.6 is 0 Å². The molecule has 0 radical (unpaired) electrons. The zero-order valence-electron chi connectivity index (χ0n) is 90.3. The van der Waals surface area contributed by atoms with Crippen molar-refractivity contribution in [2.24, 2.45) is 17.8 Å². The molecule has 20 rings (SSSR count). The molecule has 148 heavy (non-hydrogen) atoms. The average Bonchev–Trinajstić information content (AvgIpc) is 1.58. The van der Waals surface area contributed by atoms with Crippen LogP contribution < -0.4 is 301 Å². The number of rotatable bonds is 20. The number of carbonyl (C=O) groups is 2. The van der Waals surface area contributed by atoms with Crippen molar-refractivity contribution in [3.63, 3.8) is 0 Å². The Hall–Kier alpha value is -5.00. The molecule has 38 nitrogen and oxygen atoms in total. The Balaban J connectivity index is 0.000000273. The number of likely N-dealkylation sites (tertiary alicyclic amines) is 3.